The molecule has 0 saturated heterocycles. The van der Waals surface area contributed by atoms with Crippen molar-refractivity contribution in [3.05, 3.63) is 82.0 Å². The molecule has 156 valence electrons. The van der Waals surface area contributed by atoms with Crippen LogP contribution in [0.1, 0.15) is 11.1 Å². The summed E-state index contributed by atoms with van der Waals surface area (Å²) in [6.07, 6.45) is 1.50. The van der Waals surface area contributed by atoms with Gasteiger partial charge in [0.2, 0.25) is 15.9 Å². The number of rotatable bonds is 8. The number of nitrogens with zero attached hydrogens (tertiary/aromatic N) is 2. The first kappa shape index (κ1) is 21.2. The van der Waals surface area contributed by atoms with Crippen LogP contribution in [0, 0.1) is 17.0 Å². The van der Waals surface area contributed by atoms with Gasteiger partial charge in [0.25, 0.3) is 5.69 Å². The highest BCUT2D eigenvalue weighted by Gasteiger charge is 2.20. The normalized spacial score (nSPS) is 11.1. The van der Waals surface area contributed by atoms with Crippen LogP contribution in [-0.2, 0) is 16.6 Å². The maximum Gasteiger partial charge on any atom is 0.270 e. The van der Waals surface area contributed by atoms with Gasteiger partial charge < -0.3 is 9.47 Å². The molecule has 0 bridgehead atoms. The summed E-state index contributed by atoms with van der Waals surface area (Å²) in [5, 5.41) is 11.0. The predicted molar refractivity (Wildman–Crippen MR) is 109 cm³/mol. The summed E-state index contributed by atoms with van der Waals surface area (Å²) < 4.78 is 38.5. The van der Waals surface area contributed by atoms with Gasteiger partial charge in [-0.15, -0.1) is 0 Å². The number of non-ortho nitro benzene ring substituents is 1. The Morgan fingerprint density at radius 1 is 1.07 bits per heavy atom. The second-order valence-corrected chi connectivity index (χ2v) is 8.05. The first-order chi connectivity index (χ1) is 14.3. The Balaban J connectivity index is 1.73. The summed E-state index contributed by atoms with van der Waals surface area (Å²) in [7, 11) is -2.39. The molecule has 0 aliphatic rings. The van der Waals surface area contributed by atoms with Crippen LogP contribution in [-0.4, -0.2) is 25.4 Å². The molecule has 0 radical (unpaired) electrons. The quantitative estimate of drug-likeness (QED) is 0.429. The molecule has 2 aromatic carbocycles. The number of aryl methyl sites for hydroxylation is 1. The van der Waals surface area contributed by atoms with Crippen molar-refractivity contribution in [1.82, 2.24) is 9.71 Å². The number of nitrogens with one attached hydrogen (secondary N) is 1. The van der Waals surface area contributed by atoms with Crippen LogP contribution in [0.3, 0.4) is 0 Å². The van der Waals surface area contributed by atoms with Gasteiger partial charge in [0.05, 0.1) is 16.9 Å². The van der Waals surface area contributed by atoms with Crippen molar-refractivity contribution in [2.45, 2.75) is 18.4 Å². The number of hydrogen-bond acceptors (Lipinski definition) is 7. The molecule has 1 aromatic heterocycles. The van der Waals surface area contributed by atoms with Gasteiger partial charge in [-0.2, -0.15) is 0 Å². The highest BCUT2D eigenvalue weighted by molar-refractivity contribution is 7.89. The summed E-state index contributed by atoms with van der Waals surface area (Å²) in [5.41, 5.74) is 0.728. The Kier molecular flexibility index (Phi) is 6.28. The van der Waals surface area contributed by atoms with E-state index >= 15 is 0 Å². The van der Waals surface area contributed by atoms with Crippen molar-refractivity contribution in [2.24, 2.45) is 0 Å². The number of benzene rings is 2. The van der Waals surface area contributed by atoms with Crippen LogP contribution in [0.5, 0.6) is 17.4 Å². The molecule has 1 N–H and O–H groups in total. The highest BCUT2D eigenvalue weighted by Crippen LogP contribution is 2.24. The number of ether oxygens (including phenoxy) is 2. The van der Waals surface area contributed by atoms with Gasteiger partial charge in [0.15, 0.2) is 0 Å². The van der Waals surface area contributed by atoms with Gasteiger partial charge in [0, 0.05) is 30.9 Å². The van der Waals surface area contributed by atoms with Crippen molar-refractivity contribution >= 4 is 15.7 Å². The van der Waals surface area contributed by atoms with E-state index in [1.807, 2.05) is 0 Å². The maximum absolute atomic E-state index is 12.6. The fourth-order valence-corrected chi connectivity index (χ4v) is 3.91. The van der Waals surface area contributed by atoms with E-state index in [4.69, 9.17) is 9.47 Å². The van der Waals surface area contributed by atoms with E-state index < -0.39 is 14.9 Å². The molecule has 0 amide bonds. The van der Waals surface area contributed by atoms with Gasteiger partial charge in [-0.25, -0.2) is 18.1 Å². The number of nitro groups is 1. The topological polar surface area (TPSA) is 121 Å². The van der Waals surface area contributed by atoms with E-state index in [9.17, 15) is 18.5 Å². The van der Waals surface area contributed by atoms with E-state index in [0.29, 0.717) is 28.5 Å². The Morgan fingerprint density at radius 2 is 1.77 bits per heavy atom. The molecule has 0 saturated carbocycles. The zero-order valence-electron chi connectivity index (χ0n) is 16.2. The molecule has 3 aromatic rings. The third kappa shape index (κ3) is 5.10. The Morgan fingerprint density at radius 3 is 2.43 bits per heavy atom. The lowest BCUT2D eigenvalue weighted by molar-refractivity contribution is -0.385. The minimum Gasteiger partial charge on any atom is -0.497 e. The highest BCUT2D eigenvalue weighted by atomic mass is 32.2. The number of methoxy groups -OCH3 is 1. The van der Waals surface area contributed by atoms with Crippen molar-refractivity contribution in [3.8, 4) is 17.4 Å². The summed E-state index contributed by atoms with van der Waals surface area (Å²) in [6.45, 7) is 1.54. The average Bonchev–Trinajstić information content (AvgIpc) is 2.73. The summed E-state index contributed by atoms with van der Waals surface area (Å²) >= 11 is 0. The zero-order valence-corrected chi connectivity index (χ0v) is 17.0. The molecule has 0 spiro atoms. The largest absolute Gasteiger partial charge is 0.497 e. The number of nitro benzene ring substituents is 1. The Hall–Kier alpha value is -3.50. The lowest BCUT2D eigenvalue weighted by atomic mass is 10.2. The average molecular weight is 429 g/mol. The number of hydrogen-bond donors (Lipinski definition) is 1. The van der Waals surface area contributed by atoms with E-state index in [1.165, 1.54) is 18.3 Å². The molecule has 30 heavy (non-hydrogen) atoms. The fourth-order valence-electron chi connectivity index (χ4n) is 2.63. The second kappa shape index (κ2) is 8.89. The smallest absolute Gasteiger partial charge is 0.270 e. The SMILES string of the molecule is COc1ccc(Oc2cc(CNS(=O)(=O)c3cc([N+](=O)[O-])ccc3C)ccn2)cc1. The Labute approximate surface area is 173 Å². The van der Waals surface area contributed by atoms with Gasteiger partial charge in [-0.1, -0.05) is 6.07 Å². The third-order valence-corrected chi connectivity index (χ3v) is 5.76. The fraction of sp³-hybridized carbons (Fsp3) is 0.150. The van der Waals surface area contributed by atoms with E-state index in [0.717, 1.165) is 6.07 Å². The van der Waals surface area contributed by atoms with Crippen LogP contribution in [0.2, 0.25) is 0 Å². The summed E-state index contributed by atoms with van der Waals surface area (Å²) in [4.78, 5) is 14.3. The molecular formula is C20H19N3O6S. The molecule has 10 heteroatoms. The molecule has 0 atom stereocenters. The standard InChI is InChI=1S/C20H19N3O6S/c1-14-3-4-16(23(24)25)12-19(14)30(26,27)22-13-15-9-10-21-20(11-15)29-18-7-5-17(28-2)6-8-18/h3-12,22H,13H2,1-2H3. The molecule has 0 aliphatic heterocycles. The predicted octanol–water partition coefficient (Wildman–Crippen LogP) is 3.58. The number of sulfonamides is 1. The Bertz CT molecular complexity index is 1160. The van der Waals surface area contributed by atoms with Crippen LogP contribution >= 0.6 is 0 Å². The summed E-state index contributed by atoms with van der Waals surface area (Å²) in [5.74, 6) is 1.53. The molecule has 0 aliphatic carbocycles. The van der Waals surface area contributed by atoms with Gasteiger partial charge in [0.1, 0.15) is 11.5 Å². The van der Waals surface area contributed by atoms with Gasteiger partial charge >= 0.3 is 0 Å². The van der Waals surface area contributed by atoms with Crippen LogP contribution in [0.4, 0.5) is 5.69 Å². The first-order valence-corrected chi connectivity index (χ1v) is 10.3. The minimum absolute atomic E-state index is 0.0358. The van der Waals surface area contributed by atoms with E-state index in [-0.39, 0.29) is 17.1 Å². The lowest BCUT2D eigenvalue weighted by Crippen LogP contribution is -2.24. The monoisotopic (exact) mass is 429 g/mol. The van der Waals surface area contributed by atoms with Gasteiger partial charge in [-0.3, -0.25) is 10.1 Å². The van der Waals surface area contributed by atoms with Crippen LogP contribution in [0.25, 0.3) is 0 Å². The van der Waals surface area contributed by atoms with Crippen molar-refractivity contribution in [2.75, 3.05) is 7.11 Å². The van der Waals surface area contributed by atoms with Crippen molar-refractivity contribution < 1.29 is 22.8 Å². The van der Waals surface area contributed by atoms with Gasteiger partial charge in [-0.05, 0) is 48.4 Å². The summed E-state index contributed by atoms with van der Waals surface area (Å²) in [6, 6.07) is 13.9. The van der Waals surface area contributed by atoms with Crippen molar-refractivity contribution in [1.29, 1.82) is 0 Å². The molecule has 3 rings (SSSR count). The molecular weight excluding hydrogens is 410 g/mol. The van der Waals surface area contributed by atoms with E-state index in [1.54, 1.807) is 50.4 Å². The zero-order chi connectivity index (χ0) is 21.7. The first-order valence-electron chi connectivity index (χ1n) is 8.80. The minimum atomic E-state index is -3.95. The lowest BCUT2D eigenvalue weighted by Gasteiger charge is -2.10. The van der Waals surface area contributed by atoms with E-state index in [2.05, 4.69) is 9.71 Å². The molecule has 1 heterocycles. The number of aromatic nitrogens is 1. The molecule has 0 unspecified atom stereocenters. The van der Waals surface area contributed by atoms with Crippen molar-refractivity contribution in [3.63, 3.8) is 0 Å². The third-order valence-electron chi connectivity index (χ3n) is 4.22. The van der Waals surface area contributed by atoms with Crippen LogP contribution < -0.4 is 14.2 Å². The second-order valence-electron chi connectivity index (χ2n) is 6.31. The molecule has 0 fully saturated rings. The maximum atomic E-state index is 12.6. The van der Waals surface area contributed by atoms with Crippen LogP contribution in [0.15, 0.2) is 65.7 Å². The molecule has 9 nitrogen and oxygen atoms in total. The number of pyridine rings is 1.